The van der Waals surface area contributed by atoms with Crippen molar-refractivity contribution in [1.82, 2.24) is 0 Å². The molecule has 1 N–H and O–H groups in total. The summed E-state index contributed by atoms with van der Waals surface area (Å²) in [6.45, 7) is -0.500. The molecule has 1 rings (SSSR count). The molecule has 0 fully saturated rings. The third-order valence-electron chi connectivity index (χ3n) is 1.70. The van der Waals surface area contributed by atoms with E-state index >= 15 is 0 Å². The first-order valence-electron chi connectivity index (χ1n) is 3.85. The van der Waals surface area contributed by atoms with E-state index in [1.165, 1.54) is 6.07 Å². The Morgan fingerprint density at radius 2 is 2.07 bits per heavy atom. The lowest BCUT2D eigenvalue weighted by molar-refractivity contribution is -0.137. The maximum absolute atomic E-state index is 12.4. The second kappa shape index (κ2) is 4.20. The summed E-state index contributed by atoms with van der Waals surface area (Å²) in [6.07, 6.45) is -4.60. The zero-order chi connectivity index (χ0) is 11.5. The van der Waals surface area contributed by atoms with Crippen LogP contribution in [0.5, 0.6) is 0 Å². The highest BCUT2D eigenvalue weighted by molar-refractivity contribution is 5.49. The van der Waals surface area contributed by atoms with Gasteiger partial charge in [0.2, 0.25) is 0 Å². The van der Waals surface area contributed by atoms with Crippen LogP contribution in [0.4, 0.5) is 18.9 Å². The molecule has 0 unspecified atom stereocenters. The van der Waals surface area contributed by atoms with Gasteiger partial charge in [-0.15, -0.1) is 0 Å². The molecular weight excluding hydrogens is 211 g/mol. The first kappa shape index (κ1) is 11.4. The molecule has 0 saturated carbocycles. The SMILES string of the molecule is [N-]=[N+]=Nc1ccc(CO)cc1C(F)(F)F. The fraction of sp³-hybridized carbons (Fsp3) is 0.250. The number of nitrogens with zero attached hydrogens (tertiary/aromatic N) is 3. The van der Waals surface area contributed by atoms with Gasteiger partial charge < -0.3 is 5.11 Å². The van der Waals surface area contributed by atoms with E-state index in [2.05, 4.69) is 10.0 Å². The average molecular weight is 217 g/mol. The fourth-order valence-corrected chi connectivity index (χ4v) is 1.04. The third-order valence-corrected chi connectivity index (χ3v) is 1.70. The lowest BCUT2D eigenvalue weighted by Crippen LogP contribution is -2.06. The number of hydrogen-bond acceptors (Lipinski definition) is 2. The van der Waals surface area contributed by atoms with Crippen molar-refractivity contribution in [3.8, 4) is 0 Å². The number of hydrogen-bond donors (Lipinski definition) is 1. The summed E-state index contributed by atoms with van der Waals surface area (Å²) in [4.78, 5) is 2.30. The molecule has 0 bridgehead atoms. The van der Waals surface area contributed by atoms with Crippen LogP contribution in [0.3, 0.4) is 0 Å². The van der Waals surface area contributed by atoms with Gasteiger partial charge in [-0.3, -0.25) is 0 Å². The van der Waals surface area contributed by atoms with Gasteiger partial charge in [0.1, 0.15) is 0 Å². The molecule has 0 heterocycles. The van der Waals surface area contributed by atoms with Crippen LogP contribution in [-0.4, -0.2) is 5.11 Å². The van der Waals surface area contributed by atoms with Gasteiger partial charge in [-0.2, -0.15) is 13.2 Å². The minimum atomic E-state index is -4.60. The predicted molar refractivity (Wildman–Crippen MR) is 46.2 cm³/mol. The summed E-state index contributed by atoms with van der Waals surface area (Å²) < 4.78 is 37.3. The van der Waals surface area contributed by atoms with Crippen molar-refractivity contribution < 1.29 is 18.3 Å². The first-order valence-corrected chi connectivity index (χ1v) is 3.85. The Morgan fingerprint density at radius 1 is 1.40 bits per heavy atom. The monoisotopic (exact) mass is 217 g/mol. The molecule has 0 aliphatic rings. The largest absolute Gasteiger partial charge is 0.416 e. The molecule has 0 saturated heterocycles. The lowest BCUT2D eigenvalue weighted by atomic mass is 10.1. The summed E-state index contributed by atoms with van der Waals surface area (Å²) in [7, 11) is 0. The van der Waals surface area contributed by atoms with Gasteiger partial charge in [-0.1, -0.05) is 17.2 Å². The highest BCUT2D eigenvalue weighted by Crippen LogP contribution is 2.36. The van der Waals surface area contributed by atoms with Crippen molar-refractivity contribution in [2.75, 3.05) is 0 Å². The number of halogens is 3. The van der Waals surface area contributed by atoms with Crippen LogP contribution in [0.15, 0.2) is 23.3 Å². The second-order valence-corrected chi connectivity index (χ2v) is 2.70. The Morgan fingerprint density at radius 3 is 2.53 bits per heavy atom. The van der Waals surface area contributed by atoms with E-state index in [0.29, 0.717) is 0 Å². The fourth-order valence-electron chi connectivity index (χ4n) is 1.04. The number of alkyl halides is 3. The summed E-state index contributed by atoms with van der Waals surface area (Å²) in [5, 5.41) is 11.6. The smallest absolute Gasteiger partial charge is 0.392 e. The Labute approximate surface area is 82.6 Å². The molecular formula is C8H6F3N3O. The van der Waals surface area contributed by atoms with Gasteiger partial charge in [0, 0.05) is 10.6 Å². The maximum Gasteiger partial charge on any atom is 0.416 e. The van der Waals surface area contributed by atoms with Crippen LogP contribution in [0.2, 0.25) is 0 Å². The highest BCUT2D eigenvalue weighted by atomic mass is 19.4. The first-order chi connectivity index (χ1) is 6.99. The van der Waals surface area contributed by atoms with Crippen LogP contribution in [-0.2, 0) is 12.8 Å². The molecule has 0 aromatic heterocycles. The Hall–Kier alpha value is -1.72. The average Bonchev–Trinajstić information content (AvgIpc) is 2.17. The van der Waals surface area contributed by atoms with Gasteiger partial charge in [0.05, 0.1) is 12.2 Å². The molecule has 7 heteroatoms. The van der Waals surface area contributed by atoms with E-state index < -0.39 is 24.0 Å². The molecule has 0 aliphatic heterocycles. The number of rotatable bonds is 2. The molecule has 0 atom stereocenters. The van der Waals surface area contributed by atoms with E-state index in [4.69, 9.17) is 10.6 Å². The van der Waals surface area contributed by atoms with Gasteiger partial charge in [-0.25, -0.2) is 0 Å². The number of aliphatic hydroxyl groups excluding tert-OH is 1. The minimum absolute atomic E-state index is 0.110. The Bertz CT molecular complexity index is 410. The quantitative estimate of drug-likeness (QED) is 0.461. The predicted octanol–water partition coefficient (Wildman–Crippen LogP) is 3.14. The normalized spacial score (nSPS) is 10.9. The van der Waals surface area contributed by atoms with E-state index in [-0.39, 0.29) is 5.56 Å². The van der Waals surface area contributed by atoms with Crippen LogP contribution < -0.4 is 0 Å². The number of benzene rings is 1. The summed E-state index contributed by atoms with van der Waals surface area (Å²) >= 11 is 0. The molecule has 0 spiro atoms. The Kier molecular flexibility index (Phi) is 3.18. The minimum Gasteiger partial charge on any atom is -0.392 e. The molecule has 0 radical (unpaired) electrons. The van der Waals surface area contributed by atoms with Crippen molar-refractivity contribution in [2.24, 2.45) is 5.11 Å². The third kappa shape index (κ3) is 2.61. The number of azide groups is 1. The summed E-state index contributed by atoms with van der Waals surface area (Å²) in [5.74, 6) is 0. The lowest BCUT2D eigenvalue weighted by Gasteiger charge is -2.10. The van der Waals surface area contributed by atoms with Crippen LogP contribution in [0, 0.1) is 0 Å². The van der Waals surface area contributed by atoms with Crippen molar-refractivity contribution in [3.63, 3.8) is 0 Å². The standard InChI is InChI=1S/C8H6F3N3O/c9-8(10,11)6-3-5(4-15)1-2-7(6)13-14-12/h1-3,15H,4H2. The van der Waals surface area contributed by atoms with E-state index in [1.807, 2.05) is 0 Å². The zero-order valence-corrected chi connectivity index (χ0v) is 7.36. The van der Waals surface area contributed by atoms with Gasteiger partial charge >= 0.3 is 6.18 Å². The van der Waals surface area contributed by atoms with Crippen LogP contribution in [0.1, 0.15) is 11.1 Å². The topological polar surface area (TPSA) is 69.0 Å². The molecule has 80 valence electrons. The molecule has 15 heavy (non-hydrogen) atoms. The molecule has 4 nitrogen and oxygen atoms in total. The van der Waals surface area contributed by atoms with Crippen LogP contribution in [0.25, 0.3) is 10.4 Å². The maximum atomic E-state index is 12.4. The van der Waals surface area contributed by atoms with Crippen LogP contribution >= 0.6 is 0 Å². The Balaban J connectivity index is 3.35. The second-order valence-electron chi connectivity index (χ2n) is 2.70. The van der Waals surface area contributed by atoms with E-state index in [9.17, 15) is 13.2 Å². The van der Waals surface area contributed by atoms with E-state index in [0.717, 1.165) is 12.1 Å². The van der Waals surface area contributed by atoms with E-state index in [1.54, 1.807) is 0 Å². The van der Waals surface area contributed by atoms with Crippen molar-refractivity contribution in [1.29, 1.82) is 0 Å². The highest BCUT2D eigenvalue weighted by Gasteiger charge is 2.33. The molecule has 0 aliphatic carbocycles. The van der Waals surface area contributed by atoms with Gasteiger partial charge in [0.15, 0.2) is 0 Å². The van der Waals surface area contributed by atoms with Crippen molar-refractivity contribution >= 4 is 5.69 Å². The number of aliphatic hydroxyl groups is 1. The van der Waals surface area contributed by atoms with Crippen molar-refractivity contribution in [2.45, 2.75) is 12.8 Å². The summed E-state index contributed by atoms with van der Waals surface area (Å²) in [6, 6.07) is 3.04. The molecule has 0 amide bonds. The van der Waals surface area contributed by atoms with Crippen molar-refractivity contribution in [3.05, 3.63) is 39.8 Å². The molecule has 1 aromatic rings. The van der Waals surface area contributed by atoms with Gasteiger partial charge in [0.25, 0.3) is 0 Å². The van der Waals surface area contributed by atoms with Gasteiger partial charge in [-0.05, 0) is 17.2 Å². The summed E-state index contributed by atoms with van der Waals surface area (Å²) in [5.41, 5.74) is 6.64. The molecule has 1 aromatic carbocycles. The zero-order valence-electron chi connectivity index (χ0n) is 7.36.